The summed E-state index contributed by atoms with van der Waals surface area (Å²) >= 11 is 0. The van der Waals surface area contributed by atoms with Crippen molar-refractivity contribution in [2.45, 2.75) is 19.9 Å². The van der Waals surface area contributed by atoms with E-state index in [-0.39, 0.29) is 6.04 Å². The molecule has 15 heavy (non-hydrogen) atoms. The lowest BCUT2D eigenvalue weighted by molar-refractivity contribution is 0.511. The maximum absolute atomic E-state index is 8.66. The van der Waals surface area contributed by atoms with E-state index in [4.69, 9.17) is 11.0 Å². The van der Waals surface area contributed by atoms with E-state index in [0.29, 0.717) is 18.2 Å². The molecule has 1 heterocycles. The Bertz CT molecular complexity index is 354. The fourth-order valence-electron chi connectivity index (χ4n) is 1.07. The van der Waals surface area contributed by atoms with Crippen LogP contribution in [0.2, 0.25) is 0 Å². The van der Waals surface area contributed by atoms with Crippen LogP contribution in [0.25, 0.3) is 0 Å². The Hall–Kier alpha value is -1.60. The van der Waals surface area contributed by atoms with Crippen LogP contribution in [0.3, 0.4) is 0 Å². The summed E-state index contributed by atoms with van der Waals surface area (Å²) in [5.74, 6) is 0.440. The number of rotatable bonds is 4. The van der Waals surface area contributed by atoms with Crippen LogP contribution in [0.5, 0.6) is 0 Å². The highest BCUT2D eigenvalue weighted by molar-refractivity contribution is 5.45. The average Bonchev–Trinajstić information content (AvgIpc) is 2.26. The van der Waals surface area contributed by atoms with Gasteiger partial charge in [-0.05, 0) is 18.1 Å². The molecule has 1 unspecified atom stereocenters. The normalized spacial score (nSPS) is 12.2. The third-order valence-corrected chi connectivity index (χ3v) is 2.27. The van der Waals surface area contributed by atoms with Crippen LogP contribution in [0.1, 0.15) is 19.5 Å². The van der Waals surface area contributed by atoms with Crippen molar-refractivity contribution in [1.29, 1.82) is 5.26 Å². The number of pyridine rings is 1. The molecule has 3 N–H and O–H groups in total. The number of nitrogens with two attached hydrogens (primary N) is 1. The van der Waals surface area contributed by atoms with Gasteiger partial charge in [-0.15, -0.1) is 0 Å². The molecule has 0 bridgehead atoms. The van der Waals surface area contributed by atoms with Gasteiger partial charge in [0.1, 0.15) is 11.8 Å². The quantitative estimate of drug-likeness (QED) is 0.776. The fraction of sp³-hybridized carbons (Fsp3) is 0.455. The molecule has 1 atom stereocenters. The molecule has 80 valence electrons. The van der Waals surface area contributed by atoms with Gasteiger partial charge in [-0.3, -0.25) is 0 Å². The van der Waals surface area contributed by atoms with E-state index < -0.39 is 0 Å². The van der Waals surface area contributed by atoms with Gasteiger partial charge in [-0.25, -0.2) is 4.98 Å². The lowest BCUT2D eigenvalue weighted by atomic mass is 10.1. The third-order valence-electron chi connectivity index (χ3n) is 2.27. The van der Waals surface area contributed by atoms with Crippen molar-refractivity contribution in [3.63, 3.8) is 0 Å². The van der Waals surface area contributed by atoms with Crippen molar-refractivity contribution in [3.05, 3.63) is 24.0 Å². The fourth-order valence-corrected chi connectivity index (χ4v) is 1.07. The minimum absolute atomic E-state index is 0.115. The molecule has 0 radical (unpaired) electrons. The van der Waals surface area contributed by atoms with Gasteiger partial charge in [0.05, 0.1) is 0 Å². The molecule has 0 spiro atoms. The molecular weight excluding hydrogens is 188 g/mol. The van der Waals surface area contributed by atoms with E-state index in [0.717, 1.165) is 5.69 Å². The monoisotopic (exact) mass is 204 g/mol. The topological polar surface area (TPSA) is 74.7 Å². The molecular formula is C11H16N4. The molecule has 4 nitrogen and oxygen atoms in total. The van der Waals surface area contributed by atoms with Crippen molar-refractivity contribution in [2.75, 3.05) is 11.9 Å². The van der Waals surface area contributed by atoms with Gasteiger partial charge in [-0.1, -0.05) is 13.8 Å². The number of nitriles is 1. The first-order valence-electron chi connectivity index (χ1n) is 4.99. The predicted octanol–water partition coefficient (Wildman–Crippen LogP) is 1.35. The molecule has 0 aliphatic carbocycles. The van der Waals surface area contributed by atoms with Crippen molar-refractivity contribution in [2.24, 2.45) is 11.7 Å². The number of hydrogen-bond acceptors (Lipinski definition) is 4. The molecule has 1 aromatic heterocycles. The second kappa shape index (κ2) is 5.32. The molecule has 0 saturated heterocycles. The maximum Gasteiger partial charge on any atom is 0.142 e. The van der Waals surface area contributed by atoms with E-state index in [1.54, 1.807) is 12.3 Å². The van der Waals surface area contributed by atoms with E-state index in [2.05, 4.69) is 24.1 Å². The molecule has 1 rings (SSSR count). The zero-order valence-electron chi connectivity index (χ0n) is 9.07. The molecule has 0 aromatic carbocycles. The molecule has 0 saturated carbocycles. The Balaban J connectivity index is 2.55. The molecule has 0 fully saturated rings. The summed E-state index contributed by atoms with van der Waals surface area (Å²) in [7, 11) is 0. The predicted molar refractivity (Wildman–Crippen MR) is 60.3 cm³/mol. The van der Waals surface area contributed by atoms with Crippen LogP contribution >= 0.6 is 0 Å². The van der Waals surface area contributed by atoms with Crippen LogP contribution in [-0.4, -0.2) is 17.6 Å². The summed E-state index contributed by atoms with van der Waals surface area (Å²) in [4.78, 5) is 3.89. The Morgan fingerprint density at radius 2 is 2.33 bits per heavy atom. The van der Waals surface area contributed by atoms with Gasteiger partial charge >= 0.3 is 0 Å². The molecule has 0 amide bonds. The zero-order chi connectivity index (χ0) is 11.3. The SMILES string of the molecule is CC(C)C(N)CNc1ccnc(C#N)c1. The van der Waals surface area contributed by atoms with Crippen LogP contribution in [0.4, 0.5) is 5.69 Å². The molecule has 1 aromatic rings. The Kier molecular flexibility index (Phi) is 4.07. The van der Waals surface area contributed by atoms with E-state index in [9.17, 15) is 0 Å². The smallest absolute Gasteiger partial charge is 0.142 e. The highest BCUT2D eigenvalue weighted by atomic mass is 14.9. The zero-order valence-corrected chi connectivity index (χ0v) is 9.07. The average molecular weight is 204 g/mol. The summed E-state index contributed by atoms with van der Waals surface area (Å²) in [6.45, 7) is 4.87. The molecule has 4 heteroatoms. The van der Waals surface area contributed by atoms with E-state index in [1.807, 2.05) is 12.1 Å². The van der Waals surface area contributed by atoms with Crippen molar-refractivity contribution >= 4 is 5.69 Å². The number of aromatic nitrogens is 1. The maximum atomic E-state index is 8.66. The van der Waals surface area contributed by atoms with Gasteiger partial charge in [0.25, 0.3) is 0 Å². The highest BCUT2D eigenvalue weighted by Gasteiger charge is 2.06. The van der Waals surface area contributed by atoms with Crippen molar-refractivity contribution < 1.29 is 0 Å². The van der Waals surface area contributed by atoms with Crippen molar-refractivity contribution in [3.8, 4) is 6.07 Å². The van der Waals surface area contributed by atoms with Crippen molar-refractivity contribution in [1.82, 2.24) is 4.98 Å². The number of hydrogen-bond donors (Lipinski definition) is 2. The summed E-state index contributed by atoms with van der Waals surface area (Å²) < 4.78 is 0. The second-order valence-electron chi connectivity index (χ2n) is 3.83. The minimum Gasteiger partial charge on any atom is -0.383 e. The second-order valence-corrected chi connectivity index (χ2v) is 3.83. The summed E-state index contributed by atoms with van der Waals surface area (Å²) in [5, 5.41) is 11.8. The van der Waals surface area contributed by atoms with Crippen LogP contribution < -0.4 is 11.1 Å². The van der Waals surface area contributed by atoms with Crippen LogP contribution in [0.15, 0.2) is 18.3 Å². The van der Waals surface area contributed by atoms with E-state index in [1.165, 1.54) is 0 Å². The Morgan fingerprint density at radius 1 is 1.60 bits per heavy atom. The van der Waals surface area contributed by atoms with Gasteiger partial charge < -0.3 is 11.1 Å². The molecule has 0 aliphatic rings. The molecule has 0 aliphatic heterocycles. The Morgan fingerprint density at radius 3 is 2.93 bits per heavy atom. The summed E-state index contributed by atoms with van der Waals surface area (Å²) in [6, 6.07) is 5.65. The lowest BCUT2D eigenvalue weighted by Gasteiger charge is -2.16. The van der Waals surface area contributed by atoms with E-state index >= 15 is 0 Å². The van der Waals surface area contributed by atoms with Gasteiger partial charge in [0, 0.05) is 24.5 Å². The summed E-state index contributed by atoms with van der Waals surface area (Å²) in [6.07, 6.45) is 1.61. The van der Waals surface area contributed by atoms with Crippen LogP contribution in [-0.2, 0) is 0 Å². The Labute approximate surface area is 90.1 Å². The highest BCUT2D eigenvalue weighted by Crippen LogP contribution is 2.08. The summed E-state index contributed by atoms with van der Waals surface area (Å²) in [5.41, 5.74) is 7.19. The number of nitrogens with zero attached hydrogens (tertiary/aromatic N) is 2. The first-order chi connectivity index (χ1) is 7.13. The third kappa shape index (κ3) is 3.56. The minimum atomic E-state index is 0.115. The van der Waals surface area contributed by atoms with Gasteiger partial charge in [-0.2, -0.15) is 5.26 Å². The first-order valence-corrected chi connectivity index (χ1v) is 4.99. The number of nitrogens with one attached hydrogen (secondary N) is 1. The largest absolute Gasteiger partial charge is 0.383 e. The van der Waals surface area contributed by atoms with Crippen LogP contribution in [0, 0.1) is 17.2 Å². The lowest BCUT2D eigenvalue weighted by Crippen LogP contribution is -2.33. The van der Waals surface area contributed by atoms with Gasteiger partial charge in [0.2, 0.25) is 0 Å². The van der Waals surface area contributed by atoms with Gasteiger partial charge in [0.15, 0.2) is 0 Å². The first kappa shape index (κ1) is 11.5. The standard InChI is InChI=1S/C11H16N4/c1-8(2)11(13)7-15-9-3-4-14-10(5-9)6-12/h3-5,8,11H,7,13H2,1-2H3,(H,14,15). The number of anilines is 1.